The Morgan fingerprint density at radius 3 is 2.88 bits per heavy atom. The summed E-state index contributed by atoms with van der Waals surface area (Å²) in [6.07, 6.45) is 3.44. The van der Waals surface area contributed by atoms with Gasteiger partial charge in [0.25, 0.3) is 0 Å². The van der Waals surface area contributed by atoms with Crippen LogP contribution in [-0.2, 0) is 13.1 Å². The Morgan fingerprint density at radius 1 is 1.25 bits per heavy atom. The Labute approximate surface area is 92.8 Å². The molecular formula is C11H13N3O2. The lowest BCUT2D eigenvalue weighted by atomic mass is 10.2. The van der Waals surface area contributed by atoms with Crippen LogP contribution in [0.3, 0.4) is 0 Å². The molecule has 0 aliphatic rings. The van der Waals surface area contributed by atoms with Crippen LogP contribution in [0.15, 0.2) is 30.6 Å². The standard InChI is InChI=1S/C11H13N3O2/c15-9-3-1-2-8(11(9)16)6-12-7-10-13-4-5-14-10/h1-5,12,15-16H,6-7H2,(H,13,14). The number of aromatic amines is 1. The molecule has 2 rings (SSSR count). The topological polar surface area (TPSA) is 81.2 Å². The minimum Gasteiger partial charge on any atom is -0.504 e. The summed E-state index contributed by atoms with van der Waals surface area (Å²) in [5, 5.41) is 21.9. The first kappa shape index (κ1) is 10.5. The SMILES string of the molecule is Oc1cccc(CNCc2ncc[nH]2)c1O. The first-order chi connectivity index (χ1) is 7.77. The number of rotatable bonds is 4. The van der Waals surface area contributed by atoms with Gasteiger partial charge in [0.15, 0.2) is 11.5 Å². The second-order valence-corrected chi connectivity index (χ2v) is 3.42. The van der Waals surface area contributed by atoms with Gasteiger partial charge in [0.2, 0.25) is 0 Å². The molecule has 16 heavy (non-hydrogen) atoms. The molecule has 4 N–H and O–H groups in total. The second-order valence-electron chi connectivity index (χ2n) is 3.42. The molecule has 0 aliphatic carbocycles. The molecule has 2 aromatic rings. The zero-order valence-electron chi connectivity index (χ0n) is 8.64. The van der Waals surface area contributed by atoms with Crippen LogP contribution in [0.4, 0.5) is 0 Å². The van der Waals surface area contributed by atoms with Crippen molar-refractivity contribution in [3.63, 3.8) is 0 Å². The molecule has 0 saturated heterocycles. The highest BCUT2D eigenvalue weighted by molar-refractivity contribution is 5.44. The van der Waals surface area contributed by atoms with Gasteiger partial charge in [-0.3, -0.25) is 0 Å². The molecule has 0 radical (unpaired) electrons. The molecule has 0 aliphatic heterocycles. The van der Waals surface area contributed by atoms with Crippen molar-refractivity contribution < 1.29 is 10.2 Å². The van der Waals surface area contributed by atoms with Crippen LogP contribution < -0.4 is 5.32 Å². The van der Waals surface area contributed by atoms with Gasteiger partial charge in [0, 0.05) is 24.5 Å². The van der Waals surface area contributed by atoms with E-state index in [-0.39, 0.29) is 11.5 Å². The van der Waals surface area contributed by atoms with Gasteiger partial charge >= 0.3 is 0 Å². The predicted octanol–water partition coefficient (Wildman–Crippen LogP) is 1.11. The Kier molecular flexibility index (Phi) is 3.07. The van der Waals surface area contributed by atoms with E-state index in [4.69, 9.17) is 0 Å². The minimum atomic E-state index is -0.0997. The molecule has 0 fully saturated rings. The van der Waals surface area contributed by atoms with Crippen LogP contribution in [0.25, 0.3) is 0 Å². The lowest BCUT2D eigenvalue weighted by Gasteiger charge is -2.06. The number of aromatic nitrogens is 2. The van der Waals surface area contributed by atoms with Crippen molar-refractivity contribution in [3.05, 3.63) is 42.0 Å². The summed E-state index contributed by atoms with van der Waals surface area (Å²) in [6.45, 7) is 1.06. The smallest absolute Gasteiger partial charge is 0.161 e. The number of phenols is 2. The summed E-state index contributed by atoms with van der Waals surface area (Å²) in [5.41, 5.74) is 0.659. The van der Waals surface area contributed by atoms with Crippen LogP contribution in [0.1, 0.15) is 11.4 Å². The van der Waals surface area contributed by atoms with E-state index in [2.05, 4.69) is 15.3 Å². The van der Waals surface area contributed by atoms with Gasteiger partial charge in [-0.25, -0.2) is 4.98 Å². The van der Waals surface area contributed by atoms with E-state index >= 15 is 0 Å². The van der Waals surface area contributed by atoms with E-state index in [0.29, 0.717) is 18.7 Å². The van der Waals surface area contributed by atoms with Gasteiger partial charge in [-0.05, 0) is 6.07 Å². The number of H-pyrrole nitrogens is 1. The van der Waals surface area contributed by atoms with Gasteiger partial charge in [-0.2, -0.15) is 0 Å². The summed E-state index contributed by atoms with van der Waals surface area (Å²) in [5.74, 6) is 0.659. The molecule has 1 aromatic heterocycles. The molecule has 0 atom stereocenters. The van der Waals surface area contributed by atoms with Gasteiger partial charge < -0.3 is 20.5 Å². The summed E-state index contributed by atoms with van der Waals surface area (Å²) >= 11 is 0. The Hall–Kier alpha value is -2.01. The summed E-state index contributed by atoms with van der Waals surface area (Å²) in [6, 6.07) is 4.90. The number of nitrogens with one attached hydrogen (secondary N) is 2. The van der Waals surface area contributed by atoms with E-state index in [1.54, 1.807) is 24.5 Å². The maximum atomic E-state index is 9.54. The van der Waals surface area contributed by atoms with Crippen molar-refractivity contribution >= 4 is 0 Å². The predicted molar refractivity (Wildman–Crippen MR) is 58.9 cm³/mol. The number of imidazole rings is 1. The molecule has 0 saturated carbocycles. The molecule has 5 heteroatoms. The summed E-state index contributed by atoms with van der Waals surface area (Å²) in [7, 11) is 0. The summed E-state index contributed by atoms with van der Waals surface area (Å²) in [4.78, 5) is 7.02. The van der Waals surface area contributed by atoms with E-state index in [1.165, 1.54) is 6.07 Å². The van der Waals surface area contributed by atoms with E-state index in [1.807, 2.05) is 0 Å². The van der Waals surface area contributed by atoms with E-state index in [9.17, 15) is 10.2 Å². The first-order valence-corrected chi connectivity index (χ1v) is 4.96. The van der Waals surface area contributed by atoms with Gasteiger partial charge in [0.1, 0.15) is 5.82 Å². The third-order valence-corrected chi connectivity index (χ3v) is 2.26. The minimum absolute atomic E-state index is 0.0746. The highest BCUT2D eigenvalue weighted by Gasteiger charge is 2.04. The van der Waals surface area contributed by atoms with Crippen molar-refractivity contribution in [2.24, 2.45) is 0 Å². The van der Waals surface area contributed by atoms with Gasteiger partial charge in [-0.1, -0.05) is 12.1 Å². The average molecular weight is 219 g/mol. The molecule has 84 valence electrons. The zero-order chi connectivity index (χ0) is 11.4. The summed E-state index contributed by atoms with van der Waals surface area (Å²) < 4.78 is 0. The van der Waals surface area contributed by atoms with E-state index in [0.717, 1.165) is 5.82 Å². The quantitative estimate of drug-likeness (QED) is 0.581. The van der Waals surface area contributed by atoms with Crippen molar-refractivity contribution in [1.29, 1.82) is 0 Å². The molecule has 0 unspecified atom stereocenters. The van der Waals surface area contributed by atoms with Crippen LogP contribution >= 0.6 is 0 Å². The van der Waals surface area contributed by atoms with Crippen LogP contribution in [0.5, 0.6) is 11.5 Å². The fourth-order valence-electron chi connectivity index (χ4n) is 1.43. The third-order valence-electron chi connectivity index (χ3n) is 2.26. The normalized spacial score (nSPS) is 10.5. The number of benzene rings is 1. The second kappa shape index (κ2) is 4.67. The average Bonchev–Trinajstić information content (AvgIpc) is 2.77. The van der Waals surface area contributed by atoms with Crippen molar-refractivity contribution in [2.45, 2.75) is 13.1 Å². The first-order valence-electron chi connectivity index (χ1n) is 4.96. The molecule has 5 nitrogen and oxygen atoms in total. The molecule has 0 spiro atoms. The van der Waals surface area contributed by atoms with Crippen LogP contribution in [0, 0.1) is 0 Å². The highest BCUT2D eigenvalue weighted by atomic mass is 16.3. The van der Waals surface area contributed by atoms with E-state index < -0.39 is 0 Å². The molecule has 1 aromatic carbocycles. The lowest BCUT2D eigenvalue weighted by molar-refractivity contribution is 0.397. The van der Waals surface area contributed by atoms with Gasteiger partial charge in [0.05, 0.1) is 6.54 Å². The highest BCUT2D eigenvalue weighted by Crippen LogP contribution is 2.27. The number of aromatic hydroxyl groups is 2. The Balaban J connectivity index is 1.92. The van der Waals surface area contributed by atoms with Crippen LogP contribution in [-0.4, -0.2) is 20.2 Å². The maximum Gasteiger partial charge on any atom is 0.161 e. The number of hydrogen-bond acceptors (Lipinski definition) is 4. The number of nitrogens with zero attached hydrogens (tertiary/aromatic N) is 1. The molecule has 0 amide bonds. The van der Waals surface area contributed by atoms with Crippen molar-refractivity contribution in [1.82, 2.24) is 15.3 Å². The fourth-order valence-corrected chi connectivity index (χ4v) is 1.43. The largest absolute Gasteiger partial charge is 0.504 e. The Bertz CT molecular complexity index is 454. The van der Waals surface area contributed by atoms with Crippen molar-refractivity contribution in [2.75, 3.05) is 0 Å². The number of phenolic OH excluding ortho intramolecular Hbond substituents is 2. The molecule has 0 bridgehead atoms. The fraction of sp³-hybridized carbons (Fsp3) is 0.182. The number of para-hydroxylation sites is 1. The third kappa shape index (κ3) is 2.32. The number of hydrogen-bond donors (Lipinski definition) is 4. The van der Waals surface area contributed by atoms with Gasteiger partial charge in [-0.15, -0.1) is 0 Å². The molecule has 1 heterocycles. The van der Waals surface area contributed by atoms with Crippen LogP contribution in [0.2, 0.25) is 0 Å². The lowest BCUT2D eigenvalue weighted by Crippen LogP contribution is -2.13. The van der Waals surface area contributed by atoms with Crippen molar-refractivity contribution in [3.8, 4) is 11.5 Å². The molecular weight excluding hydrogens is 206 g/mol. The Morgan fingerprint density at radius 2 is 2.12 bits per heavy atom. The zero-order valence-corrected chi connectivity index (χ0v) is 8.64. The monoisotopic (exact) mass is 219 g/mol. The maximum absolute atomic E-state index is 9.54.